The van der Waals surface area contributed by atoms with Crippen LogP contribution in [0.15, 0.2) is 30.3 Å². The third-order valence-corrected chi connectivity index (χ3v) is 11.6. The minimum Gasteiger partial charge on any atom is -0.426 e. The van der Waals surface area contributed by atoms with Crippen molar-refractivity contribution < 1.29 is 24.9 Å². The molecule has 0 aromatic heterocycles. The summed E-state index contributed by atoms with van der Waals surface area (Å²) in [5.74, 6) is 1.31. The summed E-state index contributed by atoms with van der Waals surface area (Å²) in [7, 11) is 0. The summed E-state index contributed by atoms with van der Waals surface area (Å²) in [4.78, 5) is 13.2. The van der Waals surface area contributed by atoms with Crippen molar-refractivity contribution in [2.75, 3.05) is 0 Å². The summed E-state index contributed by atoms with van der Waals surface area (Å²) in [6, 6.07) is 9.07. The summed E-state index contributed by atoms with van der Waals surface area (Å²) >= 11 is 0. The lowest BCUT2D eigenvalue weighted by Crippen LogP contribution is -2.63. The van der Waals surface area contributed by atoms with Gasteiger partial charge in [0.1, 0.15) is 5.75 Å². The molecular weight excluding hydrogens is 452 g/mol. The molecule has 5 heteroatoms. The molecule has 3 N–H and O–H groups in total. The average molecular weight is 499 g/mol. The zero-order valence-corrected chi connectivity index (χ0v) is 22.5. The van der Waals surface area contributed by atoms with E-state index in [4.69, 9.17) is 4.74 Å². The van der Waals surface area contributed by atoms with E-state index < -0.39 is 24.2 Å². The van der Waals surface area contributed by atoms with E-state index in [1.165, 1.54) is 6.42 Å². The van der Waals surface area contributed by atoms with Gasteiger partial charge in [0.25, 0.3) is 0 Å². The van der Waals surface area contributed by atoms with Crippen molar-refractivity contribution in [3.8, 4) is 5.75 Å². The van der Waals surface area contributed by atoms with Crippen molar-refractivity contribution in [1.29, 1.82) is 0 Å². The van der Waals surface area contributed by atoms with Crippen LogP contribution in [0.3, 0.4) is 0 Å². The number of hydrogen-bond acceptors (Lipinski definition) is 5. The number of benzene rings is 1. The predicted octanol–water partition coefficient (Wildman–Crippen LogP) is 5.22. The van der Waals surface area contributed by atoms with E-state index >= 15 is 0 Å². The molecular formula is C31H46O5. The quantitative estimate of drug-likeness (QED) is 0.383. The highest BCUT2D eigenvalue weighted by molar-refractivity contribution is 5.76. The Balaban J connectivity index is 1.41. The maximum absolute atomic E-state index is 13.2. The third-order valence-electron chi connectivity index (χ3n) is 11.6. The van der Waals surface area contributed by atoms with Crippen molar-refractivity contribution in [3.05, 3.63) is 30.3 Å². The first-order valence-electron chi connectivity index (χ1n) is 14.4. The van der Waals surface area contributed by atoms with E-state index in [-0.39, 0.29) is 34.6 Å². The Kier molecular flexibility index (Phi) is 7.06. The number of ether oxygens (including phenoxy) is 1. The van der Waals surface area contributed by atoms with Crippen LogP contribution in [0.2, 0.25) is 0 Å². The van der Waals surface area contributed by atoms with Crippen LogP contribution in [0.4, 0.5) is 0 Å². The number of hydrogen-bond donors (Lipinski definition) is 3. The normalized spacial score (nSPS) is 46.8. The van der Waals surface area contributed by atoms with Gasteiger partial charge in [-0.1, -0.05) is 58.7 Å². The number of aliphatic hydroxyl groups excluding tert-OH is 3. The summed E-state index contributed by atoms with van der Waals surface area (Å²) < 4.78 is 5.68. The summed E-state index contributed by atoms with van der Waals surface area (Å²) in [6.45, 7) is 9.15. The SMILES string of the molecule is CCC[C@@H](C)[C@H]1CCC2C3C(C[C@H](O)[C@@]21C)[C@@]1(C)CC(C(=O)Oc2ccccc2)[C@@H](O)C[C@H]1C[C@H]3O. The van der Waals surface area contributed by atoms with Gasteiger partial charge in [-0.2, -0.15) is 0 Å². The van der Waals surface area contributed by atoms with Crippen LogP contribution in [-0.2, 0) is 4.79 Å². The molecule has 12 atom stereocenters. The highest BCUT2D eigenvalue weighted by atomic mass is 16.5. The van der Waals surface area contributed by atoms with Crippen LogP contribution < -0.4 is 4.74 Å². The second-order valence-corrected chi connectivity index (χ2v) is 13.2. The monoisotopic (exact) mass is 498 g/mol. The lowest BCUT2D eigenvalue weighted by Gasteiger charge is -2.64. The van der Waals surface area contributed by atoms with Crippen LogP contribution in [-0.4, -0.2) is 39.6 Å². The molecule has 0 heterocycles. The number of aliphatic hydroxyl groups is 3. The van der Waals surface area contributed by atoms with Gasteiger partial charge in [0, 0.05) is 0 Å². The Labute approximate surface area is 216 Å². The number of rotatable bonds is 5. The van der Waals surface area contributed by atoms with Crippen LogP contribution >= 0.6 is 0 Å². The average Bonchev–Trinajstić information content (AvgIpc) is 3.20. The topological polar surface area (TPSA) is 87.0 Å². The fourth-order valence-electron chi connectivity index (χ4n) is 9.78. The Morgan fingerprint density at radius 2 is 1.72 bits per heavy atom. The molecule has 5 rings (SSSR count). The second kappa shape index (κ2) is 9.71. The standard InChI is InChI=1S/C31H46O5/c1-5-9-18(2)22-12-13-23-28-24(16-27(34)31(22,23)4)30(3)17-21(25(32)14-19(30)15-26(28)33)29(35)36-20-10-7-6-8-11-20/h6-8,10-11,18-19,21-28,32-34H,5,9,12-17H2,1-4H3/t18-,19+,21?,22-,23?,24?,25+,26-,27+,28?,30+,31-/m1/s1. The lowest BCUT2D eigenvalue weighted by molar-refractivity contribution is -0.215. The van der Waals surface area contributed by atoms with Crippen molar-refractivity contribution in [2.24, 2.45) is 52.3 Å². The molecule has 5 nitrogen and oxygen atoms in total. The minimum absolute atomic E-state index is 0.136. The zero-order chi connectivity index (χ0) is 25.8. The number of carbonyl (C=O) groups is 1. The molecule has 36 heavy (non-hydrogen) atoms. The second-order valence-electron chi connectivity index (χ2n) is 13.2. The minimum atomic E-state index is -0.771. The van der Waals surface area contributed by atoms with Crippen molar-refractivity contribution in [3.63, 3.8) is 0 Å². The molecule has 0 amide bonds. The van der Waals surface area contributed by atoms with Crippen LogP contribution in [0.25, 0.3) is 0 Å². The highest BCUT2D eigenvalue weighted by Gasteiger charge is 2.66. The van der Waals surface area contributed by atoms with Gasteiger partial charge in [-0.05, 0) is 97.0 Å². The van der Waals surface area contributed by atoms with Crippen molar-refractivity contribution >= 4 is 5.97 Å². The van der Waals surface area contributed by atoms with Gasteiger partial charge in [-0.3, -0.25) is 4.79 Å². The van der Waals surface area contributed by atoms with Gasteiger partial charge in [-0.15, -0.1) is 0 Å². The predicted molar refractivity (Wildman–Crippen MR) is 139 cm³/mol. The van der Waals surface area contributed by atoms with E-state index in [0.29, 0.717) is 49.2 Å². The molecule has 0 aliphatic heterocycles. The zero-order valence-electron chi connectivity index (χ0n) is 22.5. The van der Waals surface area contributed by atoms with E-state index in [2.05, 4.69) is 27.7 Å². The molecule has 4 aliphatic carbocycles. The highest BCUT2D eigenvalue weighted by Crippen LogP contribution is 2.68. The van der Waals surface area contributed by atoms with Crippen LogP contribution in [0.5, 0.6) is 5.75 Å². The Morgan fingerprint density at radius 1 is 1.03 bits per heavy atom. The summed E-state index contributed by atoms with van der Waals surface area (Å²) in [5, 5.41) is 34.3. The largest absolute Gasteiger partial charge is 0.426 e. The third kappa shape index (κ3) is 4.05. The number of carbonyl (C=O) groups excluding carboxylic acids is 1. The Bertz CT molecular complexity index is 934. The molecule has 4 saturated carbocycles. The maximum Gasteiger partial charge on any atom is 0.316 e. The first-order valence-corrected chi connectivity index (χ1v) is 14.4. The fourth-order valence-corrected chi connectivity index (χ4v) is 9.78. The lowest BCUT2D eigenvalue weighted by atomic mass is 9.42. The first kappa shape index (κ1) is 26.2. The van der Waals surface area contributed by atoms with E-state index in [9.17, 15) is 20.1 Å². The fraction of sp³-hybridized carbons (Fsp3) is 0.774. The molecule has 4 fully saturated rings. The molecule has 200 valence electrons. The molecule has 4 unspecified atom stereocenters. The molecule has 1 aromatic rings. The van der Waals surface area contributed by atoms with Gasteiger partial charge < -0.3 is 20.1 Å². The van der Waals surface area contributed by atoms with Crippen LogP contribution in [0, 0.1) is 52.3 Å². The smallest absolute Gasteiger partial charge is 0.316 e. The molecule has 0 bridgehead atoms. The Morgan fingerprint density at radius 3 is 2.42 bits per heavy atom. The van der Waals surface area contributed by atoms with Gasteiger partial charge >= 0.3 is 5.97 Å². The van der Waals surface area contributed by atoms with E-state index in [0.717, 1.165) is 19.3 Å². The molecule has 0 saturated heterocycles. The molecule has 0 radical (unpaired) electrons. The van der Waals surface area contributed by atoms with Gasteiger partial charge in [0.2, 0.25) is 0 Å². The van der Waals surface area contributed by atoms with Gasteiger partial charge in [0.15, 0.2) is 0 Å². The summed E-state index contributed by atoms with van der Waals surface area (Å²) in [5.41, 5.74) is -0.390. The Hall–Kier alpha value is -1.43. The van der Waals surface area contributed by atoms with Crippen molar-refractivity contribution in [2.45, 2.75) is 97.4 Å². The van der Waals surface area contributed by atoms with Gasteiger partial charge in [0.05, 0.1) is 24.2 Å². The maximum atomic E-state index is 13.2. The summed E-state index contributed by atoms with van der Waals surface area (Å²) in [6.07, 6.45) is 5.33. The van der Waals surface area contributed by atoms with Crippen LogP contribution in [0.1, 0.15) is 79.1 Å². The number of fused-ring (bicyclic) bond motifs is 5. The number of esters is 1. The molecule has 0 spiro atoms. The molecule has 1 aromatic carbocycles. The number of para-hydroxylation sites is 1. The van der Waals surface area contributed by atoms with E-state index in [1.54, 1.807) is 12.1 Å². The van der Waals surface area contributed by atoms with Crippen molar-refractivity contribution in [1.82, 2.24) is 0 Å². The van der Waals surface area contributed by atoms with E-state index in [1.807, 2.05) is 18.2 Å². The first-order chi connectivity index (χ1) is 17.1. The molecule has 4 aliphatic rings. The van der Waals surface area contributed by atoms with Gasteiger partial charge in [-0.25, -0.2) is 0 Å².